The molecule has 0 saturated carbocycles. The number of nitrogens with one attached hydrogen (secondary N) is 1. The molecule has 4 nitrogen and oxygen atoms in total. The molecule has 0 spiro atoms. The molecule has 2 N–H and O–H groups in total. The first-order chi connectivity index (χ1) is 8.91. The molecule has 1 rings (SSSR count). The lowest BCUT2D eigenvalue weighted by Gasteiger charge is -2.17. The molecule has 0 fully saturated rings. The van der Waals surface area contributed by atoms with Gasteiger partial charge in [0.1, 0.15) is 6.04 Å². The second-order valence-corrected chi connectivity index (χ2v) is 5.61. The van der Waals surface area contributed by atoms with Crippen molar-refractivity contribution >= 4 is 27.7 Å². The second kappa shape index (κ2) is 7.40. The summed E-state index contributed by atoms with van der Waals surface area (Å²) in [5.41, 5.74) is 0.640. The van der Waals surface area contributed by atoms with E-state index in [1.54, 1.807) is 12.1 Å². The highest BCUT2D eigenvalue weighted by atomic mass is 79.9. The van der Waals surface area contributed by atoms with Crippen molar-refractivity contribution in [2.24, 2.45) is 5.92 Å². The second-order valence-electron chi connectivity index (χ2n) is 4.69. The van der Waals surface area contributed by atoms with E-state index in [9.17, 15) is 9.59 Å². The van der Waals surface area contributed by atoms with Gasteiger partial charge in [-0.05, 0) is 18.1 Å². The van der Waals surface area contributed by atoms with Gasteiger partial charge < -0.3 is 10.4 Å². The summed E-state index contributed by atoms with van der Waals surface area (Å²) in [4.78, 5) is 22.8. The van der Waals surface area contributed by atoms with Crippen molar-refractivity contribution in [3.63, 3.8) is 0 Å². The van der Waals surface area contributed by atoms with Crippen LogP contribution >= 0.6 is 15.9 Å². The first-order valence-electron chi connectivity index (χ1n) is 6.16. The van der Waals surface area contributed by atoms with E-state index in [1.165, 1.54) is 0 Å². The van der Waals surface area contributed by atoms with Crippen LogP contribution in [0.5, 0.6) is 0 Å². The van der Waals surface area contributed by atoms with E-state index < -0.39 is 12.0 Å². The van der Waals surface area contributed by atoms with Crippen molar-refractivity contribution in [1.82, 2.24) is 5.32 Å². The van der Waals surface area contributed by atoms with E-state index in [1.807, 2.05) is 26.0 Å². The number of Topliss-reactive ketones (excluding diaryl/α,β-unsaturated/α-hetero) is 1. The van der Waals surface area contributed by atoms with Gasteiger partial charge in [-0.1, -0.05) is 41.9 Å². The highest BCUT2D eigenvalue weighted by Gasteiger charge is 2.20. The van der Waals surface area contributed by atoms with Crippen LogP contribution in [0.1, 0.15) is 30.6 Å². The van der Waals surface area contributed by atoms with Crippen molar-refractivity contribution in [3.05, 3.63) is 34.3 Å². The van der Waals surface area contributed by atoms with Gasteiger partial charge in [0.15, 0.2) is 5.78 Å². The first kappa shape index (κ1) is 15.9. The minimum atomic E-state index is -0.883. The van der Waals surface area contributed by atoms with Gasteiger partial charge in [0.2, 0.25) is 0 Å². The Morgan fingerprint density at radius 1 is 1.26 bits per heavy atom. The molecule has 19 heavy (non-hydrogen) atoms. The molecular weight excluding hydrogens is 310 g/mol. The SMILES string of the molecule is CC(C)[C@H](NCCC(=O)c1ccc(Br)cc1)C(=O)O. The largest absolute Gasteiger partial charge is 0.480 e. The van der Waals surface area contributed by atoms with Gasteiger partial charge in [-0.2, -0.15) is 0 Å². The number of carboxylic acids is 1. The Kier molecular flexibility index (Phi) is 6.18. The lowest BCUT2D eigenvalue weighted by molar-refractivity contribution is -0.140. The molecule has 5 heteroatoms. The summed E-state index contributed by atoms with van der Waals surface area (Å²) in [7, 11) is 0. The van der Waals surface area contributed by atoms with Gasteiger partial charge in [0.05, 0.1) is 0 Å². The van der Waals surface area contributed by atoms with Crippen LogP contribution in [0.15, 0.2) is 28.7 Å². The first-order valence-corrected chi connectivity index (χ1v) is 6.96. The minimum absolute atomic E-state index is 0.00731. The molecule has 0 heterocycles. The Morgan fingerprint density at radius 3 is 2.32 bits per heavy atom. The van der Waals surface area contributed by atoms with Crippen molar-refractivity contribution in [3.8, 4) is 0 Å². The topological polar surface area (TPSA) is 66.4 Å². The van der Waals surface area contributed by atoms with Gasteiger partial charge in [0.25, 0.3) is 0 Å². The van der Waals surface area contributed by atoms with Crippen LogP contribution in [0.25, 0.3) is 0 Å². The van der Waals surface area contributed by atoms with Gasteiger partial charge in [-0.25, -0.2) is 0 Å². The Bertz CT molecular complexity index is 443. The van der Waals surface area contributed by atoms with E-state index in [-0.39, 0.29) is 18.1 Å². The number of carbonyl (C=O) groups is 2. The molecule has 0 bridgehead atoms. The molecule has 0 aromatic heterocycles. The lowest BCUT2D eigenvalue weighted by atomic mass is 10.0. The number of benzene rings is 1. The Balaban J connectivity index is 2.46. The monoisotopic (exact) mass is 327 g/mol. The van der Waals surface area contributed by atoms with E-state index >= 15 is 0 Å². The maximum absolute atomic E-state index is 11.9. The van der Waals surface area contributed by atoms with Crippen LogP contribution in [0, 0.1) is 5.92 Å². The van der Waals surface area contributed by atoms with Crippen molar-refractivity contribution in [2.45, 2.75) is 26.3 Å². The highest BCUT2D eigenvalue weighted by Crippen LogP contribution is 2.12. The summed E-state index contributed by atoms with van der Waals surface area (Å²) >= 11 is 3.31. The summed E-state index contributed by atoms with van der Waals surface area (Å²) in [5, 5.41) is 11.9. The molecule has 1 aromatic carbocycles. The fourth-order valence-corrected chi connectivity index (χ4v) is 1.99. The quantitative estimate of drug-likeness (QED) is 0.756. The van der Waals surface area contributed by atoms with E-state index in [2.05, 4.69) is 21.2 Å². The van der Waals surface area contributed by atoms with E-state index in [0.717, 1.165) is 4.47 Å². The molecule has 0 saturated heterocycles. The number of ketones is 1. The molecule has 1 atom stereocenters. The van der Waals surface area contributed by atoms with Crippen LogP contribution in [0.2, 0.25) is 0 Å². The summed E-state index contributed by atoms with van der Waals surface area (Å²) in [6.45, 7) is 4.04. The van der Waals surface area contributed by atoms with Crippen molar-refractivity contribution in [1.29, 1.82) is 0 Å². The number of halogens is 1. The summed E-state index contributed by atoms with van der Waals surface area (Å²) < 4.78 is 0.924. The lowest BCUT2D eigenvalue weighted by Crippen LogP contribution is -2.41. The fourth-order valence-electron chi connectivity index (χ4n) is 1.73. The van der Waals surface area contributed by atoms with Crippen LogP contribution in [-0.4, -0.2) is 29.4 Å². The number of hydrogen-bond acceptors (Lipinski definition) is 3. The molecule has 0 unspecified atom stereocenters. The van der Waals surface area contributed by atoms with E-state index in [0.29, 0.717) is 12.1 Å². The molecule has 0 aliphatic heterocycles. The molecule has 1 aromatic rings. The van der Waals surface area contributed by atoms with Crippen molar-refractivity contribution in [2.75, 3.05) is 6.54 Å². The number of carbonyl (C=O) groups excluding carboxylic acids is 1. The fraction of sp³-hybridized carbons (Fsp3) is 0.429. The number of rotatable bonds is 7. The standard InChI is InChI=1S/C14H18BrNO3/c1-9(2)13(14(18)19)16-8-7-12(17)10-3-5-11(15)6-4-10/h3-6,9,13,16H,7-8H2,1-2H3,(H,18,19)/t13-/m0/s1. The zero-order chi connectivity index (χ0) is 14.4. The normalized spacial score (nSPS) is 12.4. The summed E-state index contributed by atoms with van der Waals surface area (Å²) in [6, 6.07) is 6.52. The third-order valence-electron chi connectivity index (χ3n) is 2.82. The third kappa shape index (κ3) is 5.12. The average molecular weight is 328 g/mol. The molecule has 0 aliphatic rings. The minimum Gasteiger partial charge on any atom is -0.480 e. The summed E-state index contributed by atoms with van der Waals surface area (Å²) in [6.07, 6.45) is 0.290. The predicted octanol–water partition coefficient (Wildman–Crippen LogP) is 2.72. The smallest absolute Gasteiger partial charge is 0.320 e. The average Bonchev–Trinajstić information content (AvgIpc) is 2.34. The number of carboxylic acid groups (broad SMARTS) is 1. The van der Waals surface area contributed by atoms with Gasteiger partial charge >= 0.3 is 5.97 Å². The van der Waals surface area contributed by atoms with Crippen molar-refractivity contribution < 1.29 is 14.7 Å². The zero-order valence-corrected chi connectivity index (χ0v) is 12.6. The predicted molar refractivity (Wildman–Crippen MR) is 77.4 cm³/mol. The zero-order valence-electron chi connectivity index (χ0n) is 11.0. The number of aliphatic carboxylic acids is 1. The Morgan fingerprint density at radius 2 is 1.84 bits per heavy atom. The molecule has 0 aliphatic carbocycles. The maximum atomic E-state index is 11.9. The summed E-state index contributed by atoms with van der Waals surface area (Å²) in [5.74, 6) is -0.890. The molecule has 104 valence electrons. The van der Waals surface area contributed by atoms with Crippen LogP contribution in [0.4, 0.5) is 0 Å². The van der Waals surface area contributed by atoms with Crippen LogP contribution in [-0.2, 0) is 4.79 Å². The molecule has 0 amide bonds. The number of hydrogen-bond donors (Lipinski definition) is 2. The molecular formula is C14H18BrNO3. The van der Waals surface area contributed by atoms with Gasteiger partial charge in [-0.15, -0.1) is 0 Å². The van der Waals surface area contributed by atoms with Crippen LogP contribution in [0.3, 0.4) is 0 Å². The van der Waals surface area contributed by atoms with E-state index in [4.69, 9.17) is 5.11 Å². The van der Waals surface area contributed by atoms with Gasteiger partial charge in [0, 0.05) is 23.0 Å². The van der Waals surface area contributed by atoms with Crippen LogP contribution < -0.4 is 5.32 Å². The Hall–Kier alpha value is -1.20. The maximum Gasteiger partial charge on any atom is 0.320 e. The Labute approximate surface area is 121 Å². The third-order valence-corrected chi connectivity index (χ3v) is 3.34. The van der Waals surface area contributed by atoms with Gasteiger partial charge in [-0.3, -0.25) is 9.59 Å². The highest BCUT2D eigenvalue weighted by molar-refractivity contribution is 9.10. The molecule has 0 radical (unpaired) electrons.